The Morgan fingerprint density at radius 1 is 1.03 bits per heavy atom. The van der Waals surface area contributed by atoms with Crippen LogP contribution in [0.3, 0.4) is 0 Å². The van der Waals surface area contributed by atoms with Gasteiger partial charge in [-0.2, -0.15) is 5.10 Å². The molecular formula is C28H29FN6O3. The SMILES string of the molecule is Cc1ccc(N(C)c2ncnc3c(OC4CN(C(=O)OC(C)(C)C)C4)cc(-c4ccc(F)cc4)cc23)nn1. The van der Waals surface area contributed by atoms with E-state index in [4.69, 9.17) is 9.47 Å². The molecule has 1 amide bonds. The minimum Gasteiger partial charge on any atom is -0.484 e. The van der Waals surface area contributed by atoms with Gasteiger partial charge in [0.05, 0.1) is 18.8 Å². The number of hydrogen-bond acceptors (Lipinski definition) is 8. The summed E-state index contributed by atoms with van der Waals surface area (Å²) in [5, 5.41) is 9.18. The molecule has 0 spiro atoms. The average Bonchev–Trinajstić information content (AvgIpc) is 2.84. The number of carbonyl (C=O) groups is 1. The Hall–Kier alpha value is -4.34. The first kappa shape index (κ1) is 25.3. The number of aryl methyl sites for hydroxylation is 1. The number of rotatable bonds is 5. The van der Waals surface area contributed by atoms with Crippen LogP contribution < -0.4 is 9.64 Å². The van der Waals surface area contributed by atoms with Crippen molar-refractivity contribution in [2.24, 2.45) is 0 Å². The molecule has 9 nitrogen and oxygen atoms in total. The van der Waals surface area contributed by atoms with Crippen molar-refractivity contribution in [3.8, 4) is 16.9 Å². The highest BCUT2D eigenvalue weighted by Crippen LogP contribution is 2.37. The van der Waals surface area contributed by atoms with E-state index < -0.39 is 5.60 Å². The Bertz CT molecular complexity index is 1470. The molecule has 0 atom stereocenters. The molecule has 1 saturated heterocycles. The second-order valence-corrected chi connectivity index (χ2v) is 10.3. The summed E-state index contributed by atoms with van der Waals surface area (Å²) in [5.74, 6) is 1.47. The average molecular weight is 517 g/mol. The van der Waals surface area contributed by atoms with Crippen molar-refractivity contribution in [1.29, 1.82) is 0 Å². The topological polar surface area (TPSA) is 93.6 Å². The Morgan fingerprint density at radius 3 is 2.42 bits per heavy atom. The summed E-state index contributed by atoms with van der Waals surface area (Å²) in [5.41, 5.74) is 2.49. The van der Waals surface area contributed by atoms with Gasteiger partial charge >= 0.3 is 6.09 Å². The van der Waals surface area contributed by atoms with Crippen molar-refractivity contribution in [1.82, 2.24) is 25.1 Å². The fourth-order valence-electron chi connectivity index (χ4n) is 4.14. The highest BCUT2D eigenvalue weighted by Gasteiger charge is 2.35. The molecule has 2 aromatic heterocycles. The molecule has 0 saturated carbocycles. The van der Waals surface area contributed by atoms with Crippen LogP contribution in [-0.4, -0.2) is 63.0 Å². The number of benzene rings is 2. The Kier molecular flexibility index (Phi) is 6.56. The lowest BCUT2D eigenvalue weighted by molar-refractivity contribution is -0.0218. The van der Waals surface area contributed by atoms with Crippen LogP contribution in [0.5, 0.6) is 5.75 Å². The van der Waals surface area contributed by atoms with Crippen LogP contribution in [0.2, 0.25) is 0 Å². The third-order valence-corrected chi connectivity index (χ3v) is 6.10. The fraction of sp³-hybridized carbons (Fsp3) is 0.321. The lowest BCUT2D eigenvalue weighted by Crippen LogP contribution is -2.57. The van der Waals surface area contributed by atoms with Crippen molar-refractivity contribution >= 4 is 28.6 Å². The summed E-state index contributed by atoms with van der Waals surface area (Å²) in [6.07, 6.45) is 0.884. The number of amides is 1. The normalized spacial score (nSPS) is 13.8. The van der Waals surface area contributed by atoms with E-state index in [2.05, 4.69) is 20.2 Å². The van der Waals surface area contributed by atoms with Gasteiger partial charge in [-0.3, -0.25) is 0 Å². The molecule has 1 aliphatic rings. The van der Waals surface area contributed by atoms with Gasteiger partial charge in [-0.05, 0) is 75.2 Å². The fourth-order valence-corrected chi connectivity index (χ4v) is 4.14. The maximum atomic E-state index is 13.6. The number of ether oxygens (including phenoxy) is 2. The molecular weight excluding hydrogens is 487 g/mol. The van der Waals surface area contributed by atoms with Crippen LogP contribution >= 0.6 is 0 Å². The predicted octanol–water partition coefficient (Wildman–Crippen LogP) is 5.30. The zero-order valence-electron chi connectivity index (χ0n) is 22.0. The highest BCUT2D eigenvalue weighted by atomic mass is 19.1. The van der Waals surface area contributed by atoms with Gasteiger partial charge < -0.3 is 19.3 Å². The number of aromatic nitrogens is 4. The van der Waals surface area contributed by atoms with Gasteiger partial charge in [-0.1, -0.05) is 12.1 Å². The number of fused-ring (bicyclic) bond motifs is 1. The van der Waals surface area contributed by atoms with Crippen molar-refractivity contribution in [2.75, 3.05) is 25.0 Å². The van der Waals surface area contributed by atoms with E-state index in [1.807, 2.05) is 63.9 Å². The van der Waals surface area contributed by atoms with Crippen LogP contribution in [0.4, 0.5) is 20.8 Å². The molecule has 0 unspecified atom stereocenters. The maximum Gasteiger partial charge on any atom is 0.410 e. The summed E-state index contributed by atoms with van der Waals surface area (Å²) < 4.78 is 25.5. The summed E-state index contributed by atoms with van der Waals surface area (Å²) in [6.45, 7) is 8.18. The minimum absolute atomic E-state index is 0.228. The molecule has 4 aromatic rings. The second kappa shape index (κ2) is 9.85. The third-order valence-electron chi connectivity index (χ3n) is 6.10. The number of hydrogen-bond donors (Lipinski definition) is 0. The van der Waals surface area contributed by atoms with Crippen LogP contribution in [0.25, 0.3) is 22.0 Å². The van der Waals surface area contributed by atoms with E-state index in [0.717, 1.165) is 22.2 Å². The van der Waals surface area contributed by atoms with Gasteiger partial charge in [-0.15, -0.1) is 5.10 Å². The van der Waals surface area contributed by atoms with Crippen LogP contribution in [-0.2, 0) is 4.74 Å². The monoisotopic (exact) mass is 516 g/mol. The molecule has 196 valence electrons. The molecule has 2 aromatic carbocycles. The standard InChI is InChI=1S/C28H29FN6O3/c1-17-6-11-24(33-32-17)34(5)26-22-12-19(18-7-9-20(29)10-8-18)13-23(25(22)30-16-31-26)37-21-14-35(15-21)27(36)38-28(2,3)4/h6-13,16,21H,14-15H2,1-5H3. The summed E-state index contributed by atoms with van der Waals surface area (Å²) in [6, 6.07) is 13.9. The molecule has 1 fully saturated rings. The Morgan fingerprint density at radius 2 is 1.76 bits per heavy atom. The molecule has 0 bridgehead atoms. The highest BCUT2D eigenvalue weighted by molar-refractivity contribution is 5.97. The Balaban J connectivity index is 1.51. The van der Waals surface area contributed by atoms with Gasteiger partial charge in [0, 0.05) is 12.4 Å². The largest absolute Gasteiger partial charge is 0.484 e. The first-order chi connectivity index (χ1) is 18.1. The molecule has 0 aliphatic carbocycles. The molecule has 10 heteroatoms. The number of carbonyl (C=O) groups excluding carboxylic acids is 1. The van der Waals surface area contributed by atoms with Crippen LogP contribution in [0, 0.1) is 12.7 Å². The smallest absolute Gasteiger partial charge is 0.410 e. The van der Waals surface area contributed by atoms with E-state index in [1.165, 1.54) is 18.5 Å². The van der Waals surface area contributed by atoms with Crippen molar-refractivity contribution in [2.45, 2.75) is 39.4 Å². The van der Waals surface area contributed by atoms with Crippen molar-refractivity contribution < 1.29 is 18.7 Å². The minimum atomic E-state index is -0.566. The molecule has 38 heavy (non-hydrogen) atoms. The van der Waals surface area contributed by atoms with E-state index in [1.54, 1.807) is 17.0 Å². The zero-order valence-corrected chi connectivity index (χ0v) is 22.0. The summed E-state index contributed by atoms with van der Waals surface area (Å²) in [4.78, 5) is 24.9. The first-order valence-corrected chi connectivity index (χ1v) is 12.3. The predicted molar refractivity (Wildman–Crippen MR) is 142 cm³/mol. The second-order valence-electron chi connectivity index (χ2n) is 10.3. The molecule has 0 radical (unpaired) electrons. The van der Waals surface area contributed by atoms with E-state index >= 15 is 0 Å². The van der Waals surface area contributed by atoms with Crippen LogP contribution in [0.15, 0.2) is 54.9 Å². The number of halogens is 1. The lowest BCUT2D eigenvalue weighted by Gasteiger charge is -2.39. The van der Waals surface area contributed by atoms with Gasteiger partial charge in [-0.25, -0.2) is 19.2 Å². The van der Waals surface area contributed by atoms with Crippen molar-refractivity contribution in [3.63, 3.8) is 0 Å². The van der Waals surface area contributed by atoms with E-state index in [9.17, 15) is 9.18 Å². The molecule has 1 aliphatic heterocycles. The first-order valence-electron chi connectivity index (χ1n) is 12.3. The number of anilines is 2. The van der Waals surface area contributed by atoms with Gasteiger partial charge in [0.1, 0.15) is 40.9 Å². The number of nitrogens with zero attached hydrogens (tertiary/aromatic N) is 6. The summed E-state index contributed by atoms with van der Waals surface area (Å²) >= 11 is 0. The van der Waals surface area contributed by atoms with Gasteiger partial charge in [0.2, 0.25) is 0 Å². The summed E-state index contributed by atoms with van der Waals surface area (Å²) in [7, 11) is 1.86. The number of likely N-dealkylation sites (tertiary alicyclic amines) is 1. The van der Waals surface area contributed by atoms with Gasteiger partial charge in [0.15, 0.2) is 5.82 Å². The quantitative estimate of drug-likeness (QED) is 0.353. The van der Waals surface area contributed by atoms with Crippen molar-refractivity contribution in [3.05, 3.63) is 66.4 Å². The maximum absolute atomic E-state index is 13.6. The zero-order chi connectivity index (χ0) is 27.0. The van der Waals surface area contributed by atoms with Crippen LogP contribution in [0.1, 0.15) is 26.5 Å². The molecule has 0 N–H and O–H groups in total. The molecule has 3 heterocycles. The van der Waals surface area contributed by atoms with E-state index in [0.29, 0.717) is 36.0 Å². The Labute approximate surface area is 220 Å². The lowest BCUT2D eigenvalue weighted by atomic mass is 10.0. The van der Waals surface area contributed by atoms with E-state index in [-0.39, 0.29) is 18.0 Å². The third kappa shape index (κ3) is 5.34. The van der Waals surface area contributed by atoms with Gasteiger partial charge in [0.25, 0.3) is 0 Å². The molecule has 5 rings (SSSR count).